The van der Waals surface area contributed by atoms with Gasteiger partial charge in [0.2, 0.25) is 17.3 Å². The fourth-order valence-electron chi connectivity index (χ4n) is 4.64. The number of aromatic hydroxyl groups is 2. The first-order chi connectivity index (χ1) is 26.2. The number of pyridine rings is 2. The van der Waals surface area contributed by atoms with E-state index in [9.17, 15) is 35.2 Å². The number of nitro groups is 2. The standard InChI is InChI=1S/C16H12Cl2N4O5.C8H9Cl2N3O.C8H6ClNO5/c1-6-11(14(18)19-7(2)12(6)17)15-20-16(27-21-15)8-4-9(22(24)25)13(23)10(5-8)26-3;1-3-5(8(11)13-14)7(10)12-4(2)6(3)9;1-15-6-3-4(8(9)12)2-5(7(6)11)10(13)14/h4-5,23H,1-3H3;14H,1-2H3,(H2,11,13);2-3,11H,1H3. The third-order valence-corrected chi connectivity index (χ3v) is 9.30. The summed E-state index contributed by atoms with van der Waals surface area (Å²) in [6.45, 7) is 6.92. The predicted octanol–water partition coefficient (Wildman–Crippen LogP) is 8.13. The van der Waals surface area contributed by atoms with Crippen molar-refractivity contribution in [3.05, 3.63) is 98.5 Å². The quantitative estimate of drug-likeness (QED) is 0.0218. The molecule has 0 aliphatic heterocycles. The summed E-state index contributed by atoms with van der Waals surface area (Å²) in [5, 5.41) is 56.5. The highest BCUT2D eigenvalue weighted by molar-refractivity contribution is 6.67. The third-order valence-electron chi connectivity index (χ3n) is 7.42. The van der Waals surface area contributed by atoms with Crippen molar-refractivity contribution in [3.63, 3.8) is 0 Å². The normalized spacial score (nSPS) is 10.8. The molecular formula is C32H27Cl5N8O11. The number of oxime groups is 1. The number of nitrogens with two attached hydrogens (primary N) is 1. The molecule has 0 atom stereocenters. The number of phenolic OH excluding ortho intramolecular Hbond substituents is 2. The zero-order valence-electron chi connectivity index (χ0n) is 29.5. The van der Waals surface area contributed by atoms with Crippen LogP contribution in [0.1, 0.15) is 38.4 Å². The molecular weight excluding hydrogens is 850 g/mol. The number of carbonyl (C=O) groups is 1. The number of ether oxygens (including phenoxy) is 2. The molecule has 0 amide bonds. The molecule has 5 rings (SSSR count). The molecule has 0 spiro atoms. The van der Waals surface area contributed by atoms with Crippen LogP contribution in [0, 0.1) is 47.9 Å². The lowest BCUT2D eigenvalue weighted by Gasteiger charge is -2.09. The van der Waals surface area contributed by atoms with Gasteiger partial charge in [-0.3, -0.25) is 25.0 Å². The van der Waals surface area contributed by atoms with Gasteiger partial charge in [0.05, 0.1) is 62.2 Å². The van der Waals surface area contributed by atoms with Gasteiger partial charge in [-0.15, -0.1) is 0 Å². The molecule has 19 nitrogen and oxygen atoms in total. The maximum Gasteiger partial charge on any atom is 0.315 e. The molecule has 0 aliphatic carbocycles. The van der Waals surface area contributed by atoms with Crippen molar-refractivity contribution in [1.82, 2.24) is 20.1 Å². The lowest BCUT2D eigenvalue weighted by Crippen LogP contribution is -2.16. The summed E-state index contributed by atoms with van der Waals surface area (Å²) in [7, 11) is 2.48. The average Bonchev–Trinajstić information content (AvgIpc) is 3.63. The van der Waals surface area contributed by atoms with Crippen molar-refractivity contribution >= 4 is 80.5 Å². The van der Waals surface area contributed by atoms with E-state index >= 15 is 0 Å². The summed E-state index contributed by atoms with van der Waals surface area (Å²) < 4.78 is 14.8. The van der Waals surface area contributed by atoms with E-state index in [1.54, 1.807) is 27.7 Å². The van der Waals surface area contributed by atoms with Crippen LogP contribution in [0.3, 0.4) is 0 Å². The Balaban J connectivity index is 0.000000246. The van der Waals surface area contributed by atoms with Gasteiger partial charge in [0.25, 0.3) is 11.1 Å². The third kappa shape index (κ3) is 9.73. The molecule has 3 heterocycles. The number of rotatable bonds is 8. The van der Waals surface area contributed by atoms with Crippen molar-refractivity contribution in [3.8, 4) is 45.8 Å². The minimum Gasteiger partial charge on any atom is -0.500 e. The van der Waals surface area contributed by atoms with E-state index in [2.05, 4.69) is 30.0 Å². The Kier molecular flexibility index (Phi) is 14.9. The zero-order chi connectivity index (χ0) is 42.3. The molecule has 0 unspecified atom stereocenters. The molecule has 3 aromatic heterocycles. The van der Waals surface area contributed by atoms with Crippen molar-refractivity contribution in [2.45, 2.75) is 27.7 Å². The average molecular weight is 877 g/mol. The minimum atomic E-state index is -0.864. The molecule has 0 radical (unpaired) electrons. The van der Waals surface area contributed by atoms with Crippen molar-refractivity contribution in [1.29, 1.82) is 0 Å². The predicted molar refractivity (Wildman–Crippen MR) is 205 cm³/mol. The van der Waals surface area contributed by atoms with Gasteiger partial charge in [0.15, 0.2) is 17.3 Å². The molecule has 56 heavy (non-hydrogen) atoms. The Hall–Kier alpha value is -5.73. The summed E-state index contributed by atoms with van der Waals surface area (Å²) in [6, 6.07) is 4.45. The van der Waals surface area contributed by atoms with Crippen LogP contribution >= 0.6 is 58.0 Å². The highest BCUT2D eigenvalue weighted by Gasteiger charge is 2.25. The van der Waals surface area contributed by atoms with Crippen LogP contribution < -0.4 is 15.2 Å². The molecule has 0 fully saturated rings. The van der Waals surface area contributed by atoms with E-state index in [1.807, 2.05) is 0 Å². The second kappa shape index (κ2) is 18.7. The Morgan fingerprint density at radius 1 is 0.821 bits per heavy atom. The molecule has 0 saturated carbocycles. The van der Waals surface area contributed by atoms with E-state index in [0.29, 0.717) is 43.7 Å². The zero-order valence-corrected chi connectivity index (χ0v) is 33.3. The second-order valence-electron chi connectivity index (χ2n) is 10.9. The van der Waals surface area contributed by atoms with E-state index in [1.165, 1.54) is 20.3 Å². The number of methoxy groups -OCH3 is 2. The largest absolute Gasteiger partial charge is 0.500 e. The molecule has 0 saturated heterocycles. The van der Waals surface area contributed by atoms with E-state index < -0.39 is 38.0 Å². The first kappa shape index (κ1) is 44.7. The molecule has 5 aromatic rings. The molecule has 0 aliphatic rings. The molecule has 2 aromatic carbocycles. The summed E-state index contributed by atoms with van der Waals surface area (Å²) in [5.41, 5.74) is 7.53. The minimum absolute atomic E-state index is 0.0291. The van der Waals surface area contributed by atoms with E-state index in [4.69, 9.17) is 78.2 Å². The van der Waals surface area contributed by atoms with Crippen LogP contribution in [0.25, 0.3) is 22.8 Å². The fraction of sp³-hybridized carbons (Fsp3) is 0.188. The number of aryl methyl sites for hydroxylation is 2. The van der Waals surface area contributed by atoms with Gasteiger partial charge in [0.1, 0.15) is 10.3 Å². The first-order valence-electron chi connectivity index (χ1n) is 15.0. The van der Waals surface area contributed by atoms with Crippen LogP contribution in [0.5, 0.6) is 23.0 Å². The fourth-order valence-corrected chi connectivity index (χ4v) is 5.74. The van der Waals surface area contributed by atoms with Gasteiger partial charge >= 0.3 is 11.4 Å². The number of hydrogen-bond donors (Lipinski definition) is 4. The number of amidine groups is 1. The Morgan fingerprint density at radius 2 is 1.32 bits per heavy atom. The number of nitrogens with zero attached hydrogens (tertiary/aromatic N) is 7. The van der Waals surface area contributed by atoms with E-state index in [0.717, 1.165) is 18.2 Å². The number of hydrogen-bond acceptors (Lipinski definition) is 16. The van der Waals surface area contributed by atoms with Crippen LogP contribution in [0.15, 0.2) is 33.9 Å². The maximum atomic E-state index is 11.1. The summed E-state index contributed by atoms with van der Waals surface area (Å²) in [4.78, 5) is 43.2. The van der Waals surface area contributed by atoms with Crippen LogP contribution in [0.2, 0.25) is 20.4 Å². The maximum absolute atomic E-state index is 11.1. The summed E-state index contributed by atoms with van der Waals surface area (Å²) in [6.07, 6.45) is 0. The SMILES string of the molecule is COc1cc(-c2nc(-c3c(Cl)nc(C)c(Cl)c3C)no2)cc([N+](=O)[O-])c1O.COc1cc(C(=O)Cl)cc([N+](=O)[O-])c1O.Cc1nc(Cl)c(/C(N)=N\O)c(C)c1Cl. The number of nitro benzene ring substituents is 2. The monoisotopic (exact) mass is 874 g/mol. The van der Waals surface area contributed by atoms with Gasteiger partial charge < -0.3 is 35.2 Å². The Bertz CT molecular complexity index is 2390. The van der Waals surface area contributed by atoms with Crippen LogP contribution in [-0.2, 0) is 0 Å². The van der Waals surface area contributed by atoms with Crippen LogP contribution in [-0.4, -0.2) is 70.7 Å². The molecule has 0 bridgehead atoms. The second-order valence-corrected chi connectivity index (χ2v) is 12.7. The van der Waals surface area contributed by atoms with Crippen molar-refractivity contribution in [2.75, 3.05) is 14.2 Å². The summed E-state index contributed by atoms with van der Waals surface area (Å²) in [5.74, 6) is -1.51. The molecule has 5 N–H and O–H groups in total. The lowest BCUT2D eigenvalue weighted by molar-refractivity contribution is -0.386. The number of halogens is 5. The lowest BCUT2D eigenvalue weighted by atomic mass is 10.1. The number of carbonyl (C=O) groups excluding carboxylic acids is 1. The van der Waals surface area contributed by atoms with Gasteiger partial charge in [-0.2, -0.15) is 4.98 Å². The highest BCUT2D eigenvalue weighted by Crippen LogP contribution is 2.41. The topological polar surface area (TPSA) is 286 Å². The Morgan fingerprint density at radius 3 is 1.82 bits per heavy atom. The summed E-state index contributed by atoms with van der Waals surface area (Å²) >= 11 is 29.4. The van der Waals surface area contributed by atoms with Crippen LogP contribution in [0.4, 0.5) is 11.4 Å². The Labute approximate surface area is 340 Å². The van der Waals surface area contributed by atoms with Crippen molar-refractivity contribution < 1.29 is 44.1 Å². The molecule has 24 heteroatoms. The van der Waals surface area contributed by atoms with Gasteiger partial charge in [0, 0.05) is 17.7 Å². The number of benzene rings is 2. The van der Waals surface area contributed by atoms with Crippen molar-refractivity contribution in [2.24, 2.45) is 10.9 Å². The highest BCUT2D eigenvalue weighted by atomic mass is 35.5. The number of aromatic nitrogens is 4. The molecule has 296 valence electrons. The van der Waals surface area contributed by atoms with Gasteiger partial charge in [-0.05, 0) is 62.6 Å². The van der Waals surface area contributed by atoms with E-state index in [-0.39, 0.29) is 50.5 Å². The number of phenols is 2. The van der Waals surface area contributed by atoms with Gasteiger partial charge in [-0.25, -0.2) is 9.97 Å². The first-order valence-corrected chi connectivity index (χ1v) is 16.9. The van der Waals surface area contributed by atoms with Gasteiger partial charge in [-0.1, -0.05) is 56.7 Å². The smallest absolute Gasteiger partial charge is 0.315 e.